The molecule has 1 saturated heterocycles. The third kappa shape index (κ3) is 5.92. The van der Waals surface area contributed by atoms with Crippen LogP contribution in [0.2, 0.25) is 10.0 Å². The first-order valence-electron chi connectivity index (χ1n) is 7.54. The van der Waals surface area contributed by atoms with Gasteiger partial charge in [0.15, 0.2) is 0 Å². The zero-order valence-electron chi connectivity index (χ0n) is 12.9. The molecular weight excluding hydrogens is 363 g/mol. The third-order valence-electron chi connectivity index (χ3n) is 3.56. The molecule has 0 spiro atoms. The highest BCUT2D eigenvalue weighted by atomic mass is 35.5. The Kier molecular flexibility index (Phi) is 7.26. The molecule has 0 aliphatic carbocycles. The number of piperazine rings is 1. The van der Waals surface area contributed by atoms with Crippen molar-refractivity contribution in [3.8, 4) is 0 Å². The normalized spacial score (nSPS) is 15.6. The molecule has 2 heterocycles. The Bertz CT molecular complexity index is 556. The second kappa shape index (κ2) is 9.19. The van der Waals surface area contributed by atoms with E-state index in [-0.39, 0.29) is 12.6 Å². The van der Waals surface area contributed by atoms with Gasteiger partial charge in [-0.25, -0.2) is 18.6 Å². The smallest absolute Gasteiger partial charge is 0.317 e. The van der Waals surface area contributed by atoms with Crippen LogP contribution in [0.1, 0.15) is 0 Å². The molecule has 1 aromatic heterocycles. The van der Waals surface area contributed by atoms with Crippen LogP contribution in [0, 0.1) is 0 Å². The summed E-state index contributed by atoms with van der Waals surface area (Å²) in [4.78, 5) is 19.3. The van der Waals surface area contributed by atoms with Crippen LogP contribution in [0.5, 0.6) is 0 Å². The SMILES string of the molecule is O=C(NCCNc1ncc(Cl)cc1Cl)N1CCN(CC(F)F)CC1. The van der Waals surface area contributed by atoms with E-state index < -0.39 is 6.43 Å². The molecule has 2 amide bonds. The van der Waals surface area contributed by atoms with Gasteiger partial charge in [-0.3, -0.25) is 4.90 Å². The van der Waals surface area contributed by atoms with Crippen LogP contribution in [0.15, 0.2) is 12.3 Å². The van der Waals surface area contributed by atoms with Crippen molar-refractivity contribution in [1.29, 1.82) is 0 Å². The van der Waals surface area contributed by atoms with E-state index in [0.717, 1.165) is 0 Å². The van der Waals surface area contributed by atoms with E-state index in [1.165, 1.54) is 6.20 Å². The molecule has 1 fully saturated rings. The summed E-state index contributed by atoms with van der Waals surface area (Å²) in [7, 11) is 0. The molecule has 0 radical (unpaired) electrons. The summed E-state index contributed by atoms with van der Waals surface area (Å²) >= 11 is 11.7. The van der Waals surface area contributed by atoms with Crippen molar-refractivity contribution in [2.24, 2.45) is 0 Å². The number of aromatic nitrogens is 1. The molecule has 0 unspecified atom stereocenters. The number of hydrogen-bond acceptors (Lipinski definition) is 4. The van der Waals surface area contributed by atoms with E-state index in [4.69, 9.17) is 23.2 Å². The zero-order valence-corrected chi connectivity index (χ0v) is 14.5. The second-order valence-electron chi connectivity index (χ2n) is 5.32. The number of carbonyl (C=O) groups excluding carboxylic acids is 1. The van der Waals surface area contributed by atoms with Gasteiger partial charge in [0.1, 0.15) is 5.82 Å². The summed E-state index contributed by atoms with van der Waals surface area (Å²) < 4.78 is 24.6. The molecule has 24 heavy (non-hydrogen) atoms. The number of pyridine rings is 1. The molecule has 1 aliphatic heterocycles. The van der Waals surface area contributed by atoms with Crippen molar-refractivity contribution >= 4 is 35.1 Å². The molecule has 0 saturated carbocycles. The first-order chi connectivity index (χ1) is 11.5. The summed E-state index contributed by atoms with van der Waals surface area (Å²) in [6.07, 6.45) is -0.863. The molecule has 10 heteroatoms. The molecule has 2 N–H and O–H groups in total. The van der Waals surface area contributed by atoms with Gasteiger partial charge in [0.25, 0.3) is 6.43 Å². The molecule has 134 valence electrons. The Labute approximate surface area is 149 Å². The van der Waals surface area contributed by atoms with Crippen LogP contribution in [0.25, 0.3) is 0 Å². The molecule has 0 bridgehead atoms. The minimum atomic E-state index is -2.34. The lowest BCUT2D eigenvalue weighted by atomic mass is 10.3. The summed E-state index contributed by atoms with van der Waals surface area (Å²) in [6, 6.07) is 1.37. The molecular formula is C14H19Cl2F2N5O. The van der Waals surface area contributed by atoms with Crippen molar-refractivity contribution < 1.29 is 13.6 Å². The molecule has 1 aromatic rings. The Morgan fingerprint density at radius 3 is 2.58 bits per heavy atom. The maximum Gasteiger partial charge on any atom is 0.317 e. The van der Waals surface area contributed by atoms with Crippen molar-refractivity contribution in [3.63, 3.8) is 0 Å². The molecule has 2 rings (SSSR count). The first kappa shape index (κ1) is 19.0. The lowest BCUT2D eigenvalue weighted by Crippen LogP contribution is -2.52. The van der Waals surface area contributed by atoms with Gasteiger partial charge in [0.05, 0.1) is 16.6 Å². The largest absolute Gasteiger partial charge is 0.367 e. The monoisotopic (exact) mass is 381 g/mol. The Hall–Kier alpha value is -1.38. The highest BCUT2D eigenvalue weighted by Crippen LogP contribution is 2.21. The Balaban J connectivity index is 1.65. The first-order valence-corrected chi connectivity index (χ1v) is 8.29. The van der Waals surface area contributed by atoms with Crippen LogP contribution in [0.3, 0.4) is 0 Å². The average molecular weight is 382 g/mol. The number of halogens is 4. The van der Waals surface area contributed by atoms with E-state index in [0.29, 0.717) is 55.1 Å². The summed E-state index contributed by atoms with van der Waals surface area (Å²) in [5, 5.41) is 6.63. The summed E-state index contributed by atoms with van der Waals surface area (Å²) in [5.74, 6) is 0.496. The number of alkyl halides is 2. The molecule has 0 atom stereocenters. The standard InChI is InChI=1S/C14H19Cl2F2N5O/c15-10-7-11(16)13(21-8-10)19-1-2-20-14(24)23-5-3-22(4-6-23)9-12(17)18/h7-8,12H,1-6,9H2,(H,19,21)(H,20,24). The number of amides is 2. The van der Waals surface area contributed by atoms with E-state index in [2.05, 4.69) is 15.6 Å². The van der Waals surface area contributed by atoms with Crippen LogP contribution in [0.4, 0.5) is 19.4 Å². The van der Waals surface area contributed by atoms with Crippen LogP contribution < -0.4 is 10.6 Å². The Morgan fingerprint density at radius 2 is 1.96 bits per heavy atom. The lowest BCUT2D eigenvalue weighted by Gasteiger charge is -2.34. The van der Waals surface area contributed by atoms with Crippen LogP contribution in [-0.4, -0.2) is 73.1 Å². The van der Waals surface area contributed by atoms with E-state index in [9.17, 15) is 13.6 Å². The molecule has 0 aromatic carbocycles. The average Bonchev–Trinajstić information content (AvgIpc) is 2.53. The number of rotatable bonds is 6. The van der Waals surface area contributed by atoms with E-state index in [1.54, 1.807) is 15.9 Å². The number of urea groups is 1. The summed E-state index contributed by atoms with van der Waals surface area (Å²) in [5.41, 5.74) is 0. The van der Waals surface area contributed by atoms with Crippen molar-refractivity contribution in [3.05, 3.63) is 22.3 Å². The van der Waals surface area contributed by atoms with Gasteiger partial charge in [-0.05, 0) is 6.07 Å². The topological polar surface area (TPSA) is 60.5 Å². The molecule has 1 aliphatic rings. The number of anilines is 1. The second-order valence-corrected chi connectivity index (χ2v) is 6.17. The number of carbonyl (C=O) groups is 1. The predicted molar refractivity (Wildman–Crippen MR) is 90.2 cm³/mol. The van der Waals surface area contributed by atoms with Crippen molar-refractivity contribution in [2.75, 3.05) is 51.1 Å². The van der Waals surface area contributed by atoms with E-state index >= 15 is 0 Å². The highest BCUT2D eigenvalue weighted by molar-refractivity contribution is 6.35. The number of nitrogens with one attached hydrogen (secondary N) is 2. The predicted octanol–water partition coefficient (Wildman–Crippen LogP) is 2.39. The van der Waals surface area contributed by atoms with Gasteiger partial charge in [-0.1, -0.05) is 23.2 Å². The minimum Gasteiger partial charge on any atom is -0.367 e. The van der Waals surface area contributed by atoms with Gasteiger partial charge in [-0.15, -0.1) is 0 Å². The fraction of sp³-hybridized carbons (Fsp3) is 0.571. The number of hydrogen-bond donors (Lipinski definition) is 2. The fourth-order valence-electron chi connectivity index (χ4n) is 2.34. The molecule has 6 nitrogen and oxygen atoms in total. The highest BCUT2D eigenvalue weighted by Gasteiger charge is 2.22. The van der Waals surface area contributed by atoms with E-state index in [1.807, 2.05) is 0 Å². The fourth-order valence-corrected chi connectivity index (χ4v) is 2.78. The van der Waals surface area contributed by atoms with Gasteiger partial charge >= 0.3 is 6.03 Å². The quantitative estimate of drug-likeness (QED) is 0.742. The van der Waals surface area contributed by atoms with Crippen LogP contribution >= 0.6 is 23.2 Å². The lowest BCUT2D eigenvalue weighted by molar-refractivity contribution is 0.0637. The van der Waals surface area contributed by atoms with Gasteiger partial charge in [-0.2, -0.15) is 0 Å². The van der Waals surface area contributed by atoms with Crippen LogP contribution in [-0.2, 0) is 0 Å². The van der Waals surface area contributed by atoms with Crippen molar-refractivity contribution in [1.82, 2.24) is 20.1 Å². The van der Waals surface area contributed by atoms with Gasteiger partial charge < -0.3 is 15.5 Å². The number of nitrogens with zero attached hydrogens (tertiary/aromatic N) is 3. The van der Waals surface area contributed by atoms with Crippen molar-refractivity contribution in [2.45, 2.75) is 6.43 Å². The van der Waals surface area contributed by atoms with Gasteiger partial charge in [0, 0.05) is 45.5 Å². The maximum atomic E-state index is 12.3. The maximum absolute atomic E-state index is 12.3. The summed E-state index contributed by atoms with van der Waals surface area (Å²) in [6.45, 7) is 2.39. The zero-order chi connectivity index (χ0) is 17.5. The Morgan fingerprint density at radius 1 is 1.25 bits per heavy atom. The third-order valence-corrected chi connectivity index (χ3v) is 4.05. The van der Waals surface area contributed by atoms with Gasteiger partial charge in [0.2, 0.25) is 0 Å². The minimum absolute atomic E-state index is 0.205.